The van der Waals surface area contributed by atoms with Crippen molar-refractivity contribution in [3.05, 3.63) is 36.0 Å². The first-order valence-electron chi connectivity index (χ1n) is 6.80. The SMILES string of the molecule is CN(Cc1cnn(C)c1)c1cc(C2CC(O)C2)ncn1. The van der Waals surface area contributed by atoms with E-state index in [1.807, 2.05) is 32.6 Å². The fourth-order valence-electron chi connectivity index (χ4n) is 2.53. The number of rotatable bonds is 4. The van der Waals surface area contributed by atoms with Crippen LogP contribution in [-0.4, -0.2) is 38.0 Å². The van der Waals surface area contributed by atoms with Crippen LogP contribution in [0.1, 0.15) is 30.0 Å². The first-order chi connectivity index (χ1) is 9.61. The number of hydrogen-bond donors (Lipinski definition) is 1. The summed E-state index contributed by atoms with van der Waals surface area (Å²) in [4.78, 5) is 10.7. The largest absolute Gasteiger partial charge is 0.393 e. The number of hydrogen-bond acceptors (Lipinski definition) is 5. The summed E-state index contributed by atoms with van der Waals surface area (Å²) in [6.45, 7) is 0.761. The molecule has 2 aromatic rings. The van der Waals surface area contributed by atoms with E-state index < -0.39 is 0 Å². The van der Waals surface area contributed by atoms with Gasteiger partial charge < -0.3 is 10.0 Å². The molecule has 3 rings (SSSR count). The third-order valence-corrected chi connectivity index (χ3v) is 3.77. The van der Waals surface area contributed by atoms with Gasteiger partial charge in [0.1, 0.15) is 12.1 Å². The Morgan fingerprint density at radius 3 is 2.85 bits per heavy atom. The maximum Gasteiger partial charge on any atom is 0.132 e. The van der Waals surface area contributed by atoms with Crippen molar-refractivity contribution in [2.24, 2.45) is 7.05 Å². The Bertz CT molecular complexity index is 591. The highest BCUT2D eigenvalue weighted by Gasteiger charge is 2.29. The van der Waals surface area contributed by atoms with Crippen molar-refractivity contribution >= 4 is 5.82 Å². The summed E-state index contributed by atoms with van der Waals surface area (Å²) in [5, 5.41) is 13.6. The van der Waals surface area contributed by atoms with Crippen LogP contribution < -0.4 is 4.90 Å². The number of aryl methyl sites for hydroxylation is 1. The average Bonchev–Trinajstić information content (AvgIpc) is 2.80. The van der Waals surface area contributed by atoms with Crippen LogP contribution in [0.5, 0.6) is 0 Å². The van der Waals surface area contributed by atoms with E-state index in [4.69, 9.17) is 0 Å². The van der Waals surface area contributed by atoms with Gasteiger partial charge >= 0.3 is 0 Å². The van der Waals surface area contributed by atoms with Crippen LogP contribution >= 0.6 is 0 Å². The molecule has 20 heavy (non-hydrogen) atoms. The standard InChI is InChI=1S/C14H19N5O/c1-18(7-10-6-17-19(2)8-10)14-5-13(15-9-16-14)11-3-12(20)4-11/h5-6,8-9,11-12,20H,3-4,7H2,1-2H3. The molecule has 0 amide bonds. The molecular weight excluding hydrogens is 254 g/mol. The molecule has 1 aliphatic rings. The fourth-order valence-corrected chi connectivity index (χ4v) is 2.53. The van der Waals surface area contributed by atoms with Crippen LogP contribution in [0.15, 0.2) is 24.8 Å². The van der Waals surface area contributed by atoms with E-state index in [-0.39, 0.29) is 6.10 Å². The summed E-state index contributed by atoms with van der Waals surface area (Å²) in [6, 6.07) is 2.02. The monoisotopic (exact) mass is 273 g/mol. The van der Waals surface area contributed by atoms with Crippen LogP contribution in [0, 0.1) is 0 Å². The van der Waals surface area contributed by atoms with Gasteiger partial charge in [-0.1, -0.05) is 0 Å². The minimum atomic E-state index is -0.161. The molecule has 6 heteroatoms. The predicted octanol–water partition coefficient (Wildman–Crippen LogP) is 1.08. The van der Waals surface area contributed by atoms with Gasteiger partial charge in [-0.2, -0.15) is 5.10 Å². The number of aliphatic hydroxyl groups is 1. The summed E-state index contributed by atoms with van der Waals surface area (Å²) in [7, 11) is 3.92. The Kier molecular flexibility index (Phi) is 3.40. The second-order valence-electron chi connectivity index (χ2n) is 5.50. The van der Waals surface area contributed by atoms with Gasteiger partial charge in [-0.15, -0.1) is 0 Å². The smallest absolute Gasteiger partial charge is 0.132 e. The van der Waals surface area contributed by atoms with Crippen LogP contribution in [0.2, 0.25) is 0 Å². The lowest BCUT2D eigenvalue weighted by Gasteiger charge is -2.31. The lowest BCUT2D eigenvalue weighted by molar-refractivity contribution is 0.0732. The average molecular weight is 273 g/mol. The van der Waals surface area contributed by atoms with Gasteiger partial charge in [-0.05, 0) is 12.8 Å². The van der Waals surface area contributed by atoms with Gasteiger partial charge in [0.2, 0.25) is 0 Å². The third-order valence-electron chi connectivity index (χ3n) is 3.77. The zero-order valence-electron chi connectivity index (χ0n) is 11.8. The van der Waals surface area contributed by atoms with E-state index in [0.717, 1.165) is 36.5 Å². The molecule has 106 valence electrons. The molecule has 2 aromatic heterocycles. The lowest BCUT2D eigenvalue weighted by atomic mass is 9.80. The van der Waals surface area contributed by atoms with Gasteiger partial charge in [0.05, 0.1) is 12.3 Å². The van der Waals surface area contributed by atoms with E-state index in [9.17, 15) is 5.11 Å². The number of nitrogens with zero attached hydrogens (tertiary/aromatic N) is 5. The predicted molar refractivity (Wildman–Crippen MR) is 75.3 cm³/mol. The molecule has 2 heterocycles. The Balaban J connectivity index is 1.71. The quantitative estimate of drug-likeness (QED) is 0.903. The highest BCUT2D eigenvalue weighted by molar-refractivity contribution is 5.39. The molecular formula is C14H19N5O. The number of aliphatic hydroxyl groups excluding tert-OH is 1. The number of anilines is 1. The minimum absolute atomic E-state index is 0.161. The van der Waals surface area contributed by atoms with Crippen molar-refractivity contribution in [2.75, 3.05) is 11.9 Å². The molecule has 0 radical (unpaired) electrons. The summed E-state index contributed by atoms with van der Waals surface area (Å²) >= 11 is 0. The Morgan fingerprint density at radius 1 is 1.40 bits per heavy atom. The van der Waals surface area contributed by atoms with Crippen molar-refractivity contribution in [2.45, 2.75) is 31.4 Å². The highest BCUT2D eigenvalue weighted by Crippen LogP contribution is 2.36. The third kappa shape index (κ3) is 2.65. The molecule has 1 aliphatic carbocycles. The maximum atomic E-state index is 9.39. The number of aromatic nitrogens is 4. The summed E-state index contributed by atoms with van der Waals surface area (Å²) in [5.41, 5.74) is 2.17. The van der Waals surface area contributed by atoms with E-state index in [1.54, 1.807) is 11.0 Å². The van der Waals surface area contributed by atoms with Crippen molar-refractivity contribution < 1.29 is 5.11 Å². The van der Waals surface area contributed by atoms with Gasteiger partial charge in [0.25, 0.3) is 0 Å². The van der Waals surface area contributed by atoms with E-state index in [0.29, 0.717) is 5.92 Å². The first kappa shape index (κ1) is 13.1. The molecule has 0 saturated heterocycles. The fraction of sp³-hybridized carbons (Fsp3) is 0.500. The maximum absolute atomic E-state index is 9.39. The van der Waals surface area contributed by atoms with Crippen LogP contribution in [-0.2, 0) is 13.6 Å². The van der Waals surface area contributed by atoms with Gasteiger partial charge in [-0.3, -0.25) is 4.68 Å². The van der Waals surface area contributed by atoms with E-state index in [1.165, 1.54) is 0 Å². The minimum Gasteiger partial charge on any atom is -0.393 e. The molecule has 0 unspecified atom stereocenters. The normalized spacial score (nSPS) is 21.6. The molecule has 0 atom stereocenters. The van der Waals surface area contributed by atoms with Crippen LogP contribution in [0.25, 0.3) is 0 Å². The Morgan fingerprint density at radius 2 is 2.20 bits per heavy atom. The molecule has 1 fully saturated rings. The molecule has 0 aliphatic heterocycles. The molecule has 0 bridgehead atoms. The van der Waals surface area contributed by atoms with Crippen LogP contribution in [0.3, 0.4) is 0 Å². The molecule has 1 N–H and O–H groups in total. The van der Waals surface area contributed by atoms with E-state index >= 15 is 0 Å². The van der Waals surface area contributed by atoms with E-state index in [2.05, 4.69) is 20.0 Å². The van der Waals surface area contributed by atoms with Crippen LogP contribution in [0.4, 0.5) is 5.82 Å². The van der Waals surface area contributed by atoms with Gasteiger partial charge in [0, 0.05) is 50.1 Å². The molecule has 6 nitrogen and oxygen atoms in total. The summed E-state index contributed by atoms with van der Waals surface area (Å²) in [6.07, 6.45) is 6.93. The van der Waals surface area contributed by atoms with Crippen molar-refractivity contribution in [3.63, 3.8) is 0 Å². The van der Waals surface area contributed by atoms with Gasteiger partial charge in [-0.25, -0.2) is 9.97 Å². The molecule has 0 aromatic carbocycles. The van der Waals surface area contributed by atoms with Crippen molar-refractivity contribution in [1.82, 2.24) is 19.7 Å². The highest BCUT2D eigenvalue weighted by atomic mass is 16.3. The van der Waals surface area contributed by atoms with Gasteiger partial charge in [0.15, 0.2) is 0 Å². The first-order valence-corrected chi connectivity index (χ1v) is 6.80. The second-order valence-corrected chi connectivity index (χ2v) is 5.50. The Hall–Kier alpha value is -1.95. The summed E-state index contributed by atoms with van der Waals surface area (Å²) < 4.78 is 1.80. The lowest BCUT2D eigenvalue weighted by Crippen LogP contribution is -2.27. The van der Waals surface area contributed by atoms with Crippen molar-refractivity contribution in [3.8, 4) is 0 Å². The Labute approximate surface area is 118 Å². The van der Waals surface area contributed by atoms with Crippen molar-refractivity contribution in [1.29, 1.82) is 0 Å². The molecule has 1 saturated carbocycles. The summed E-state index contributed by atoms with van der Waals surface area (Å²) in [5.74, 6) is 1.28. The molecule has 0 spiro atoms. The topological polar surface area (TPSA) is 67.1 Å². The zero-order chi connectivity index (χ0) is 14.1. The zero-order valence-corrected chi connectivity index (χ0v) is 11.8. The second kappa shape index (κ2) is 5.20.